The molecule has 6 heteroatoms. The Morgan fingerprint density at radius 1 is 1.26 bits per heavy atom. The smallest absolute Gasteiger partial charge is 0.305 e. The van der Waals surface area contributed by atoms with E-state index in [1.165, 1.54) is 14.0 Å². The van der Waals surface area contributed by atoms with E-state index in [9.17, 15) is 9.59 Å². The molecular formula is C13H20O6. The second-order valence-electron chi connectivity index (χ2n) is 5.49. The van der Waals surface area contributed by atoms with Crippen molar-refractivity contribution in [3.05, 3.63) is 0 Å². The Morgan fingerprint density at radius 2 is 1.89 bits per heavy atom. The van der Waals surface area contributed by atoms with Crippen molar-refractivity contribution in [3.63, 3.8) is 0 Å². The van der Waals surface area contributed by atoms with Crippen LogP contribution >= 0.6 is 0 Å². The number of fused-ring (bicyclic) bond motifs is 1. The normalized spacial score (nSPS) is 35.8. The van der Waals surface area contributed by atoms with E-state index in [0.29, 0.717) is 6.42 Å². The van der Waals surface area contributed by atoms with Gasteiger partial charge in [0, 0.05) is 12.8 Å². The van der Waals surface area contributed by atoms with E-state index in [1.807, 2.05) is 13.8 Å². The quantitative estimate of drug-likeness (QED) is 0.714. The molecule has 1 aliphatic heterocycles. The molecule has 0 bridgehead atoms. The Bertz CT molecular complexity index is 377. The Labute approximate surface area is 112 Å². The predicted octanol–water partition coefficient (Wildman–Crippen LogP) is 1.02. The maximum absolute atomic E-state index is 11.4. The van der Waals surface area contributed by atoms with Crippen LogP contribution in [0.25, 0.3) is 0 Å². The minimum absolute atomic E-state index is 0.0522. The van der Waals surface area contributed by atoms with Crippen molar-refractivity contribution in [1.82, 2.24) is 0 Å². The Balaban J connectivity index is 2.10. The number of hydrogen-bond donors (Lipinski definition) is 0. The summed E-state index contributed by atoms with van der Waals surface area (Å²) < 4.78 is 21.6. The van der Waals surface area contributed by atoms with Gasteiger partial charge in [-0.05, 0) is 20.3 Å². The number of esters is 2. The molecule has 108 valence electrons. The highest BCUT2D eigenvalue weighted by Gasteiger charge is 2.55. The third-order valence-electron chi connectivity index (χ3n) is 3.50. The molecular weight excluding hydrogens is 252 g/mol. The van der Waals surface area contributed by atoms with Crippen LogP contribution in [0.1, 0.15) is 33.6 Å². The van der Waals surface area contributed by atoms with Crippen LogP contribution in [0.3, 0.4) is 0 Å². The number of hydrogen-bond acceptors (Lipinski definition) is 6. The van der Waals surface area contributed by atoms with Crippen LogP contribution in [0.4, 0.5) is 0 Å². The van der Waals surface area contributed by atoms with Crippen LogP contribution in [0.2, 0.25) is 0 Å². The van der Waals surface area contributed by atoms with E-state index in [4.69, 9.17) is 14.2 Å². The van der Waals surface area contributed by atoms with Gasteiger partial charge in [0.2, 0.25) is 0 Å². The molecule has 2 rings (SSSR count). The molecule has 0 aromatic carbocycles. The first-order valence-corrected chi connectivity index (χ1v) is 6.42. The summed E-state index contributed by atoms with van der Waals surface area (Å²) in [5.41, 5.74) is 0. The van der Waals surface area contributed by atoms with Gasteiger partial charge in [0.15, 0.2) is 5.79 Å². The molecule has 0 radical (unpaired) electrons. The first-order valence-electron chi connectivity index (χ1n) is 6.42. The standard InChI is InChI=1S/C13H20O6/c1-7(14)17-9-5-8(6-10(15)16-4)11-12(9)19-13(2,3)18-11/h8-9,11-12H,5-6H2,1-4H3/t8-,9-,11-,12+/m1/s1. The zero-order valence-electron chi connectivity index (χ0n) is 11.7. The van der Waals surface area contributed by atoms with Crippen molar-refractivity contribution in [3.8, 4) is 0 Å². The minimum atomic E-state index is -0.720. The lowest BCUT2D eigenvalue weighted by Gasteiger charge is -2.23. The van der Waals surface area contributed by atoms with E-state index in [0.717, 1.165) is 0 Å². The van der Waals surface area contributed by atoms with Crippen molar-refractivity contribution in [1.29, 1.82) is 0 Å². The molecule has 4 atom stereocenters. The summed E-state index contributed by atoms with van der Waals surface area (Å²) in [6.45, 7) is 4.99. The zero-order chi connectivity index (χ0) is 14.2. The van der Waals surface area contributed by atoms with Gasteiger partial charge in [-0.2, -0.15) is 0 Å². The summed E-state index contributed by atoms with van der Waals surface area (Å²) in [4.78, 5) is 22.5. The molecule has 6 nitrogen and oxygen atoms in total. The fraction of sp³-hybridized carbons (Fsp3) is 0.846. The highest BCUT2D eigenvalue weighted by Crippen LogP contribution is 2.44. The van der Waals surface area contributed by atoms with Gasteiger partial charge in [-0.1, -0.05) is 0 Å². The summed E-state index contributed by atoms with van der Waals surface area (Å²) in [5.74, 6) is -1.41. The second-order valence-corrected chi connectivity index (χ2v) is 5.49. The molecule has 0 spiro atoms. The molecule has 0 aromatic heterocycles. The Hall–Kier alpha value is -1.14. The monoisotopic (exact) mass is 272 g/mol. The summed E-state index contributed by atoms with van der Waals surface area (Å²) in [6, 6.07) is 0. The first kappa shape index (κ1) is 14.3. The zero-order valence-corrected chi connectivity index (χ0v) is 11.7. The maximum atomic E-state index is 11.4. The summed E-state index contributed by atoms with van der Waals surface area (Å²) in [5, 5.41) is 0. The number of carbonyl (C=O) groups excluding carboxylic acids is 2. The molecule has 19 heavy (non-hydrogen) atoms. The fourth-order valence-electron chi connectivity index (χ4n) is 2.86. The highest BCUT2D eigenvalue weighted by molar-refractivity contribution is 5.69. The van der Waals surface area contributed by atoms with Gasteiger partial charge < -0.3 is 18.9 Å². The summed E-state index contributed by atoms with van der Waals surface area (Å²) >= 11 is 0. The van der Waals surface area contributed by atoms with Crippen molar-refractivity contribution in [2.45, 2.75) is 57.7 Å². The van der Waals surface area contributed by atoms with Gasteiger partial charge in [-0.15, -0.1) is 0 Å². The fourth-order valence-corrected chi connectivity index (χ4v) is 2.86. The molecule has 1 heterocycles. The van der Waals surface area contributed by atoms with Crippen molar-refractivity contribution >= 4 is 11.9 Å². The molecule has 1 saturated heterocycles. The SMILES string of the molecule is COC(=O)C[C@H]1C[C@@H](OC(C)=O)[C@@H]2OC(C)(C)O[C@H]12. The maximum Gasteiger partial charge on any atom is 0.305 e. The molecule has 2 fully saturated rings. The average molecular weight is 272 g/mol. The molecule has 1 aliphatic carbocycles. The third kappa shape index (κ3) is 3.06. The summed E-state index contributed by atoms with van der Waals surface area (Å²) in [7, 11) is 1.36. The lowest BCUT2D eigenvalue weighted by atomic mass is 10.0. The average Bonchev–Trinajstić information content (AvgIpc) is 2.74. The van der Waals surface area contributed by atoms with Gasteiger partial charge in [-0.3, -0.25) is 9.59 Å². The Morgan fingerprint density at radius 3 is 2.47 bits per heavy atom. The van der Waals surface area contributed by atoms with Gasteiger partial charge >= 0.3 is 11.9 Å². The van der Waals surface area contributed by atoms with Crippen LogP contribution in [-0.2, 0) is 28.5 Å². The van der Waals surface area contributed by atoms with Crippen LogP contribution in [0.15, 0.2) is 0 Å². The van der Waals surface area contributed by atoms with E-state index < -0.39 is 5.79 Å². The van der Waals surface area contributed by atoms with Crippen LogP contribution in [0, 0.1) is 5.92 Å². The number of carbonyl (C=O) groups is 2. The second kappa shape index (κ2) is 5.09. The van der Waals surface area contributed by atoms with Gasteiger partial charge in [0.05, 0.1) is 19.6 Å². The molecule has 0 N–H and O–H groups in total. The summed E-state index contributed by atoms with van der Waals surface area (Å²) in [6.07, 6.45) is -0.111. The van der Waals surface area contributed by atoms with Gasteiger partial charge in [-0.25, -0.2) is 0 Å². The minimum Gasteiger partial charge on any atom is -0.469 e. The van der Waals surface area contributed by atoms with E-state index in [2.05, 4.69) is 4.74 Å². The molecule has 0 unspecified atom stereocenters. The molecule has 0 amide bonds. The lowest BCUT2D eigenvalue weighted by molar-refractivity contribution is -0.178. The molecule has 0 aromatic rings. The number of ether oxygens (including phenoxy) is 4. The van der Waals surface area contributed by atoms with Crippen LogP contribution in [-0.4, -0.2) is 43.1 Å². The molecule has 1 saturated carbocycles. The van der Waals surface area contributed by atoms with Gasteiger partial charge in [0.1, 0.15) is 12.2 Å². The largest absolute Gasteiger partial charge is 0.469 e. The van der Waals surface area contributed by atoms with Gasteiger partial charge in [0.25, 0.3) is 0 Å². The predicted molar refractivity (Wildman–Crippen MR) is 64.1 cm³/mol. The number of rotatable bonds is 3. The number of methoxy groups -OCH3 is 1. The van der Waals surface area contributed by atoms with Crippen LogP contribution in [0.5, 0.6) is 0 Å². The topological polar surface area (TPSA) is 71.1 Å². The lowest BCUT2D eigenvalue weighted by Crippen LogP contribution is -2.32. The Kier molecular flexibility index (Phi) is 3.82. The first-order chi connectivity index (χ1) is 8.82. The third-order valence-corrected chi connectivity index (χ3v) is 3.50. The highest BCUT2D eigenvalue weighted by atomic mass is 16.8. The van der Waals surface area contributed by atoms with Crippen LogP contribution < -0.4 is 0 Å². The van der Waals surface area contributed by atoms with Crippen molar-refractivity contribution in [2.75, 3.05) is 7.11 Å². The van der Waals surface area contributed by atoms with E-state index in [1.54, 1.807) is 0 Å². The van der Waals surface area contributed by atoms with E-state index in [-0.39, 0.29) is 42.6 Å². The van der Waals surface area contributed by atoms with E-state index >= 15 is 0 Å². The van der Waals surface area contributed by atoms with Crippen molar-refractivity contribution < 1.29 is 28.5 Å². The molecule has 2 aliphatic rings. The van der Waals surface area contributed by atoms with Crippen molar-refractivity contribution in [2.24, 2.45) is 5.92 Å².